The summed E-state index contributed by atoms with van der Waals surface area (Å²) >= 11 is 0. The zero-order valence-corrected chi connectivity index (χ0v) is 15.8. The summed E-state index contributed by atoms with van der Waals surface area (Å²) in [6.45, 7) is 3.74. The third-order valence-corrected chi connectivity index (χ3v) is 1.16. The Morgan fingerprint density at radius 3 is 1.00 bits per heavy atom. The molecule has 0 atom stereocenters. The van der Waals surface area contributed by atoms with Gasteiger partial charge in [0, 0.05) is 0 Å². The molecule has 25 heavy (non-hydrogen) atoms. The minimum Gasteiger partial charge on any atom is -0.499 e. The van der Waals surface area contributed by atoms with Crippen molar-refractivity contribution < 1.29 is 108 Å². The van der Waals surface area contributed by atoms with Gasteiger partial charge in [-0.25, -0.2) is 0 Å². The number of rotatable bonds is 1. The van der Waals surface area contributed by atoms with Crippen molar-refractivity contribution in [1.82, 2.24) is 0 Å². The van der Waals surface area contributed by atoms with Crippen LogP contribution in [0.25, 0.3) is 0 Å². The van der Waals surface area contributed by atoms with Gasteiger partial charge in [-0.15, -0.1) is 0 Å². The zero-order chi connectivity index (χ0) is 20.2. The van der Waals surface area contributed by atoms with Gasteiger partial charge in [-0.2, -0.15) is 24.6 Å². The van der Waals surface area contributed by atoms with Crippen LogP contribution >= 0.6 is 0 Å². The van der Waals surface area contributed by atoms with Crippen LogP contribution in [0, 0.1) is 6.92 Å². The molecule has 0 spiro atoms. The van der Waals surface area contributed by atoms with Gasteiger partial charge in [0.2, 0.25) is 0 Å². The summed E-state index contributed by atoms with van der Waals surface area (Å²) in [6, 6.07) is 7.61. The van der Waals surface area contributed by atoms with Gasteiger partial charge < -0.3 is 56.5 Å². The van der Waals surface area contributed by atoms with Crippen LogP contribution in [0.15, 0.2) is 24.3 Å². The van der Waals surface area contributed by atoms with Crippen LogP contribution in [0.1, 0.15) is 5.56 Å². The molecule has 17 heteroatoms. The van der Waals surface area contributed by atoms with Crippen molar-refractivity contribution in [3.05, 3.63) is 36.8 Å². The van der Waals surface area contributed by atoms with E-state index in [-0.39, 0.29) is 51.4 Å². The first-order valence-electron chi connectivity index (χ1n) is 5.41. The van der Waals surface area contributed by atoms with Crippen LogP contribution in [-0.4, -0.2) is 28.9 Å². The van der Waals surface area contributed by atoms with Crippen molar-refractivity contribution in [2.45, 2.75) is 0 Å². The van der Waals surface area contributed by atoms with Crippen LogP contribution in [0.4, 0.5) is 51.8 Å². The van der Waals surface area contributed by atoms with Gasteiger partial charge >= 0.3 is 73.1 Å². The molecule has 1 rings (SSSR count). The Balaban J connectivity index is -0.000000122. The maximum absolute atomic E-state index is 9.75. The average molecular weight is 421 g/mol. The van der Waals surface area contributed by atoms with E-state index in [1.165, 1.54) is 0 Å². The Kier molecular flexibility index (Phi) is 19.5. The molecule has 1 nitrogen and oxygen atoms in total. The fourth-order valence-electron chi connectivity index (χ4n) is 0.626. The molecule has 0 radical (unpaired) electrons. The van der Waals surface area contributed by atoms with Crippen molar-refractivity contribution in [3.8, 4) is 5.75 Å². The topological polar surface area (TPSA) is 9.23 Å². The van der Waals surface area contributed by atoms with Gasteiger partial charge in [0.25, 0.3) is 0 Å². The van der Waals surface area contributed by atoms with Crippen LogP contribution in [0.5, 0.6) is 5.75 Å². The molecule has 0 aliphatic heterocycles. The summed E-state index contributed by atoms with van der Waals surface area (Å²) in [7, 11) is -16.3. The van der Waals surface area contributed by atoms with Gasteiger partial charge in [0.1, 0.15) is 0 Å². The van der Waals surface area contributed by atoms with Gasteiger partial charge in [-0.05, 0) is 0 Å². The molecular formula is C8H9B3F12KO-3. The van der Waals surface area contributed by atoms with E-state index in [2.05, 4.69) is 6.92 Å². The van der Waals surface area contributed by atoms with E-state index in [0.29, 0.717) is 0 Å². The molecule has 0 fully saturated rings. The largest absolute Gasteiger partial charge is 1.00 e. The van der Waals surface area contributed by atoms with Gasteiger partial charge in [-0.3, -0.25) is 0 Å². The number of benzene rings is 1. The quantitative estimate of drug-likeness (QED) is 0.386. The summed E-state index contributed by atoms with van der Waals surface area (Å²) in [5.74, 6) is 0.877. The Bertz CT molecular complexity index is 372. The second-order valence-electron chi connectivity index (χ2n) is 3.33. The zero-order valence-electron chi connectivity index (χ0n) is 12.7. The number of halogens is 12. The minimum absolute atomic E-state index is 0. The van der Waals surface area contributed by atoms with E-state index in [0.717, 1.165) is 11.3 Å². The smallest absolute Gasteiger partial charge is 0.499 e. The third-order valence-electron chi connectivity index (χ3n) is 1.16. The minimum atomic E-state index is -6.00. The van der Waals surface area contributed by atoms with E-state index in [4.69, 9.17) is 4.74 Å². The van der Waals surface area contributed by atoms with E-state index in [1.807, 2.05) is 24.3 Å². The summed E-state index contributed by atoms with van der Waals surface area (Å²) in [5.41, 5.74) is 1.01. The molecule has 0 aliphatic rings. The van der Waals surface area contributed by atoms with Crippen molar-refractivity contribution in [2.75, 3.05) is 7.11 Å². The van der Waals surface area contributed by atoms with Crippen LogP contribution < -0.4 is 56.1 Å². The Morgan fingerprint density at radius 2 is 0.840 bits per heavy atom. The number of ether oxygens (including phenoxy) is 1. The number of hydrogen-bond acceptors (Lipinski definition) is 1. The molecule has 144 valence electrons. The van der Waals surface area contributed by atoms with Crippen LogP contribution in [-0.2, 0) is 0 Å². The summed E-state index contributed by atoms with van der Waals surface area (Å²) in [5, 5.41) is 0. The molecule has 1 aromatic rings. The normalized spacial score (nSPS) is 10.4. The fraction of sp³-hybridized carbons (Fsp3) is 0.125. The van der Waals surface area contributed by atoms with E-state index in [9.17, 15) is 51.8 Å². The maximum Gasteiger partial charge on any atom is 1.00 e. The van der Waals surface area contributed by atoms with Crippen LogP contribution in [0.2, 0.25) is 0 Å². The summed E-state index contributed by atoms with van der Waals surface area (Å²) < 4.78 is 122. The maximum atomic E-state index is 9.75. The third kappa shape index (κ3) is 81.0. The van der Waals surface area contributed by atoms with Crippen molar-refractivity contribution in [3.63, 3.8) is 0 Å². The SMILES string of the molecule is F[B-](F)(F)F.F[B-](F)(F)F.F[B-](F)(F)F.[CH2-]c1ccc(OC)cc1.[K+]. The number of hydrogen-bond donors (Lipinski definition) is 0. The molecule has 0 saturated carbocycles. The molecule has 0 aromatic heterocycles. The second kappa shape index (κ2) is 15.0. The fourth-order valence-corrected chi connectivity index (χ4v) is 0.626. The summed E-state index contributed by atoms with van der Waals surface area (Å²) in [4.78, 5) is 0. The first-order chi connectivity index (χ1) is 10.3. The summed E-state index contributed by atoms with van der Waals surface area (Å²) in [6.07, 6.45) is 0. The van der Waals surface area contributed by atoms with E-state index < -0.39 is 21.8 Å². The predicted molar refractivity (Wildman–Crippen MR) is 68.0 cm³/mol. The molecular weight excluding hydrogens is 412 g/mol. The number of methoxy groups -OCH3 is 1. The second-order valence-corrected chi connectivity index (χ2v) is 3.33. The Morgan fingerprint density at radius 1 is 0.640 bits per heavy atom. The molecule has 0 bridgehead atoms. The van der Waals surface area contributed by atoms with Gasteiger partial charge in [0.15, 0.2) is 0 Å². The first kappa shape index (κ1) is 32.5. The van der Waals surface area contributed by atoms with Gasteiger partial charge in [-0.1, -0.05) is 12.1 Å². The molecule has 0 saturated heterocycles. The molecule has 0 unspecified atom stereocenters. The first-order valence-corrected chi connectivity index (χ1v) is 5.41. The Labute approximate surface area is 178 Å². The molecule has 0 amide bonds. The monoisotopic (exact) mass is 421 g/mol. The van der Waals surface area contributed by atoms with Crippen molar-refractivity contribution in [1.29, 1.82) is 0 Å². The standard InChI is InChI=1S/C8H9O.3BF4.K/c1-7-3-5-8(9-2)6-4-7;3*2-1(3,4)5;/h3-6H,1H2,2H3;;;;/q4*-1;+1. The molecule has 1 aromatic carbocycles. The predicted octanol–water partition coefficient (Wildman–Crippen LogP) is 2.78. The van der Waals surface area contributed by atoms with E-state index in [1.54, 1.807) is 7.11 Å². The van der Waals surface area contributed by atoms with Crippen LogP contribution in [0.3, 0.4) is 0 Å². The van der Waals surface area contributed by atoms with Gasteiger partial charge in [0.05, 0.1) is 12.9 Å². The Hall–Kier alpha value is -0.119. The van der Waals surface area contributed by atoms with E-state index >= 15 is 0 Å². The van der Waals surface area contributed by atoms with Crippen molar-refractivity contribution in [2.24, 2.45) is 0 Å². The molecule has 0 heterocycles. The molecule has 0 aliphatic carbocycles. The average Bonchev–Trinajstić information content (AvgIpc) is 2.23. The van der Waals surface area contributed by atoms with Crippen molar-refractivity contribution >= 4 is 21.8 Å². The molecule has 0 N–H and O–H groups in total.